The summed E-state index contributed by atoms with van der Waals surface area (Å²) < 4.78 is 27.0. The van der Waals surface area contributed by atoms with Gasteiger partial charge in [-0.25, -0.2) is 23.5 Å². The number of halogens is 2. The lowest BCUT2D eigenvalue weighted by molar-refractivity contribution is 0.0171. The van der Waals surface area contributed by atoms with Crippen LogP contribution in [0.3, 0.4) is 0 Å². The molecule has 0 unspecified atom stereocenters. The van der Waals surface area contributed by atoms with Gasteiger partial charge in [-0.3, -0.25) is 14.9 Å². The van der Waals surface area contributed by atoms with Crippen molar-refractivity contribution in [2.75, 3.05) is 17.3 Å². The van der Waals surface area contributed by atoms with E-state index >= 15 is 0 Å². The van der Waals surface area contributed by atoms with Crippen molar-refractivity contribution in [3.63, 3.8) is 0 Å². The fourth-order valence-corrected chi connectivity index (χ4v) is 4.67. The number of anilines is 2. The third-order valence-electron chi connectivity index (χ3n) is 6.82. The number of amides is 2. The van der Waals surface area contributed by atoms with Crippen molar-refractivity contribution < 1.29 is 13.6 Å². The first kappa shape index (κ1) is 28.6. The van der Waals surface area contributed by atoms with Crippen LogP contribution in [-0.4, -0.2) is 46.3 Å². The van der Waals surface area contributed by atoms with Gasteiger partial charge in [-0.1, -0.05) is 30.3 Å². The van der Waals surface area contributed by atoms with E-state index in [0.717, 1.165) is 25.3 Å². The van der Waals surface area contributed by atoms with Crippen LogP contribution in [0.25, 0.3) is 5.57 Å². The molecule has 40 heavy (non-hydrogen) atoms. The van der Waals surface area contributed by atoms with Crippen molar-refractivity contribution in [3.05, 3.63) is 84.1 Å². The number of carbonyl (C=O) groups is 1. The number of aliphatic imine (C=N–C) groups is 1. The molecule has 1 aliphatic rings. The van der Waals surface area contributed by atoms with E-state index in [1.54, 1.807) is 36.6 Å². The molecule has 210 valence electrons. The second-order valence-electron chi connectivity index (χ2n) is 9.75. The SMILES string of the molecule is CN=CC(=CN)c1cnc(N(C(=O)NCc2ccccc2)C2CCC(Nc3ccc(C(C)(F)F)cn3)CC2)cn1. The fourth-order valence-electron chi connectivity index (χ4n) is 4.67. The number of rotatable bonds is 9. The van der Waals surface area contributed by atoms with Crippen molar-refractivity contribution in [2.24, 2.45) is 10.7 Å². The Labute approximate surface area is 232 Å². The standard InChI is InChI=1S/C29H34F2N8O/c1-29(30,31)22-8-13-26(35-17-22)38-23-9-11-24(12-10-23)39(28(40)37-15-20-6-4-3-5-7-20)27-19-34-25(18-36-27)21(14-32)16-33-2/h3-8,13-14,16-19,23-24H,9-12,15,32H2,1-2H3,(H,35,38)(H,37,40). The molecule has 0 spiro atoms. The molecule has 0 aliphatic heterocycles. The Balaban J connectivity index is 1.46. The first-order chi connectivity index (χ1) is 19.3. The van der Waals surface area contributed by atoms with E-state index in [4.69, 9.17) is 5.73 Å². The number of nitrogens with zero attached hydrogens (tertiary/aromatic N) is 5. The van der Waals surface area contributed by atoms with E-state index in [9.17, 15) is 13.6 Å². The quantitative estimate of drug-likeness (QED) is 0.319. The topological polar surface area (TPSA) is 121 Å². The number of benzene rings is 1. The number of hydrogen-bond acceptors (Lipinski definition) is 7. The van der Waals surface area contributed by atoms with Crippen LogP contribution < -0.4 is 21.3 Å². The van der Waals surface area contributed by atoms with Gasteiger partial charge >= 0.3 is 6.03 Å². The van der Waals surface area contributed by atoms with Gasteiger partial charge in [0.15, 0.2) is 5.82 Å². The van der Waals surface area contributed by atoms with E-state index < -0.39 is 5.92 Å². The van der Waals surface area contributed by atoms with Crippen molar-refractivity contribution in [3.8, 4) is 0 Å². The number of hydrogen-bond donors (Lipinski definition) is 3. The van der Waals surface area contributed by atoms with Gasteiger partial charge in [-0.2, -0.15) is 0 Å². The number of alkyl halides is 2. The summed E-state index contributed by atoms with van der Waals surface area (Å²) in [5, 5.41) is 6.35. The Morgan fingerprint density at radius 1 is 1.07 bits per heavy atom. The average Bonchev–Trinajstić information content (AvgIpc) is 2.97. The molecule has 3 aromatic rings. The van der Waals surface area contributed by atoms with Crippen LogP contribution >= 0.6 is 0 Å². The maximum absolute atomic E-state index is 13.5. The van der Waals surface area contributed by atoms with Crippen molar-refractivity contribution >= 4 is 29.5 Å². The van der Waals surface area contributed by atoms with Gasteiger partial charge in [0.25, 0.3) is 5.92 Å². The van der Waals surface area contributed by atoms with Gasteiger partial charge in [-0.15, -0.1) is 0 Å². The second-order valence-corrected chi connectivity index (χ2v) is 9.75. The maximum Gasteiger partial charge on any atom is 0.323 e. The zero-order valence-electron chi connectivity index (χ0n) is 22.6. The number of nitrogens with two attached hydrogens (primary N) is 1. The Morgan fingerprint density at radius 2 is 1.82 bits per heavy atom. The summed E-state index contributed by atoms with van der Waals surface area (Å²) in [5.41, 5.74) is 7.74. The molecule has 1 saturated carbocycles. The first-order valence-electron chi connectivity index (χ1n) is 13.2. The molecule has 0 atom stereocenters. The number of pyridine rings is 1. The van der Waals surface area contributed by atoms with Crippen LogP contribution in [0.15, 0.2) is 72.2 Å². The summed E-state index contributed by atoms with van der Waals surface area (Å²) in [6.45, 7) is 1.23. The Bertz CT molecular complexity index is 1300. The van der Waals surface area contributed by atoms with Crippen molar-refractivity contribution in [1.82, 2.24) is 20.3 Å². The van der Waals surface area contributed by atoms with Gasteiger partial charge in [-0.05, 0) is 43.4 Å². The molecule has 4 N–H and O–H groups in total. The van der Waals surface area contributed by atoms with Gasteiger partial charge < -0.3 is 16.4 Å². The summed E-state index contributed by atoms with van der Waals surface area (Å²) in [7, 11) is 1.64. The summed E-state index contributed by atoms with van der Waals surface area (Å²) in [6, 6.07) is 12.4. The third kappa shape index (κ3) is 7.37. The molecule has 0 bridgehead atoms. The van der Waals surface area contributed by atoms with E-state index in [2.05, 4.69) is 30.6 Å². The van der Waals surface area contributed by atoms with Crippen LogP contribution in [-0.2, 0) is 12.5 Å². The average molecular weight is 549 g/mol. The Morgan fingerprint density at radius 3 is 2.40 bits per heavy atom. The van der Waals surface area contributed by atoms with Gasteiger partial charge in [0, 0.05) is 62.3 Å². The first-order valence-corrected chi connectivity index (χ1v) is 13.2. The lowest BCUT2D eigenvalue weighted by Gasteiger charge is -2.36. The Kier molecular flexibility index (Phi) is 9.36. The van der Waals surface area contributed by atoms with Crippen LogP contribution in [0, 0.1) is 0 Å². The molecule has 2 aromatic heterocycles. The summed E-state index contributed by atoms with van der Waals surface area (Å²) in [6.07, 6.45) is 10.3. The van der Waals surface area contributed by atoms with Crippen molar-refractivity contribution in [2.45, 2.75) is 57.2 Å². The van der Waals surface area contributed by atoms with Crippen LogP contribution in [0.4, 0.5) is 25.2 Å². The van der Waals surface area contributed by atoms with Crippen LogP contribution in [0.2, 0.25) is 0 Å². The molecule has 11 heteroatoms. The van der Waals surface area contributed by atoms with Crippen molar-refractivity contribution in [1.29, 1.82) is 0 Å². The molecule has 2 heterocycles. The number of allylic oxidation sites excluding steroid dienone is 1. The number of urea groups is 1. The number of nitrogens with one attached hydrogen (secondary N) is 2. The predicted molar refractivity (Wildman–Crippen MR) is 153 cm³/mol. The van der Waals surface area contributed by atoms with E-state index in [1.165, 1.54) is 18.5 Å². The molecule has 1 aromatic carbocycles. The smallest absolute Gasteiger partial charge is 0.323 e. The number of aromatic nitrogens is 3. The van der Waals surface area contributed by atoms with Crippen LogP contribution in [0.5, 0.6) is 0 Å². The molecule has 1 fully saturated rings. The molecule has 0 radical (unpaired) electrons. The minimum absolute atomic E-state index is 0.102. The highest BCUT2D eigenvalue weighted by Crippen LogP contribution is 2.30. The molecule has 0 saturated heterocycles. The largest absolute Gasteiger partial charge is 0.404 e. The summed E-state index contributed by atoms with van der Waals surface area (Å²) in [5.74, 6) is -1.94. The van der Waals surface area contributed by atoms with Gasteiger partial charge in [0.05, 0.1) is 18.1 Å². The molecular weight excluding hydrogens is 514 g/mol. The minimum Gasteiger partial charge on any atom is -0.404 e. The summed E-state index contributed by atoms with van der Waals surface area (Å²) >= 11 is 0. The molecule has 4 rings (SSSR count). The highest BCUT2D eigenvalue weighted by atomic mass is 19.3. The van der Waals surface area contributed by atoms with Crippen LogP contribution in [0.1, 0.15) is 49.4 Å². The van der Waals surface area contributed by atoms with Gasteiger partial charge in [0.1, 0.15) is 5.82 Å². The zero-order valence-corrected chi connectivity index (χ0v) is 22.6. The normalized spacial score (nSPS) is 17.9. The van der Waals surface area contributed by atoms with E-state index in [0.29, 0.717) is 42.3 Å². The zero-order chi connectivity index (χ0) is 28.5. The molecule has 1 aliphatic carbocycles. The number of carbonyl (C=O) groups excluding carboxylic acids is 1. The highest BCUT2D eigenvalue weighted by molar-refractivity contribution is 6.08. The third-order valence-corrected chi connectivity index (χ3v) is 6.82. The maximum atomic E-state index is 13.5. The lowest BCUT2D eigenvalue weighted by atomic mass is 9.90. The van der Waals surface area contributed by atoms with E-state index in [1.807, 2.05) is 30.3 Å². The van der Waals surface area contributed by atoms with Gasteiger partial charge in [0.2, 0.25) is 0 Å². The second kappa shape index (κ2) is 13.1. The van der Waals surface area contributed by atoms with E-state index in [-0.39, 0.29) is 23.7 Å². The predicted octanol–water partition coefficient (Wildman–Crippen LogP) is 5.12. The molecule has 9 nitrogen and oxygen atoms in total. The highest BCUT2D eigenvalue weighted by Gasteiger charge is 2.31. The monoisotopic (exact) mass is 548 g/mol. The summed E-state index contributed by atoms with van der Waals surface area (Å²) in [4.78, 5) is 32.3. The molecule has 2 amide bonds. The fraction of sp³-hybridized carbons (Fsp3) is 0.345. The Hall–Kier alpha value is -4.41. The lowest BCUT2D eigenvalue weighted by Crippen LogP contribution is -2.49. The minimum atomic E-state index is -2.93. The molecular formula is C29H34F2N8O.